The smallest absolute Gasteiger partial charge is 0.312 e. The number of fused-ring (bicyclic) bond motifs is 1. The van der Waals surface area contributed by atoms with Gasteiger partial charge in [-0.25, -0.2) is 15.0 Å². The molecule has 1 aromatic carbocycles. The maximum atomic E-state index is 14.5. The molecule has 3 N–H and O–H groups in total. The summed E-state index contributed by atoms with van der Waals surface area (Å²) >= 11 is 6.10. The summed E-state index contributed by atoms with van der Waals surface area (Å²) in [6.45, 7) is 8.13. The summed E-state index contributed by atoms with van der Waals surface area (Å²) in [5.41, 5.74) is 6.65. The van der Waals surface area contributed by atoms with E-state index >= 15 is 0 Å². The van der Waals surface area contributed by atoms with Gasteiger partial charge in [0.2, 0.25) is 0 Å². The number of nitrogens with two attached hydrogens (primary N) is 1. The molecule has 0 spiro atoms. The third-order valence-corrected chi connectivity index (χ3v) is 9.61. The Kier molecular flexibility index (Phi) is 8.47. The van der Waals surface area contributed by atoms with Gasteiger partial charge in [0, 0.05) is 16.7 Å². The van der Waals surface area contributed by atoms with Crippen molar-refractivity contribution in [2.45, 2.75) is 65.1 Å². The first kappa shape index (κ1) is 28.5. The number of halogens is 1. The molecule has 0 bridgehead atoms. The largest absolute Gasteiger partial charge is 0.465 e. The summed E-state index contributed by atoms with van der Waals surface area (Å²) in [7, 11) is -3.24. The van der Waals surface area contributed by atoms with E-state index in [4.69, 9.17) is 26.8 Å². The van der Waals surface area contributed by atoms with Gasteiger partial charge in [-0.2, -0.15) is 0 Å². The predicted molar refractivity (Wildman–Crippen MR) is 148 cm³/mol. The van der Waals surface area contributed by atoms with Crippen molar-refractivity contribution in [1.82, 2.24) is 24.6 Å². The first-order valence-electron chi connectivity index (χ1n) is 12.8. The predicted octanol–water partition coefficient (Wildman–Crippen LogP) is 4.96. The molecule has 0 aliphatic heterocycles. The minimum Gasteiger partial charge on any atom is -0.465 e. The second kappa shape index (κ2) is 11.3. The fraction of sp³-hybridized carbons (Fsp3) is 0.538. The Morgan fingerprint density at radius 2 is 1.97 bits per heavy atom. The van der Waals surface area contributed by atoms with E-state index in [0.717, 1.165) is 24.8 Å². The average Bonchev–Trinajstić information content (AvgIpc) is 3.52. The molecule has 0 saturated heterocycles. The van der Waals surface area contributed by atoms with Crippen LogP contribution in [0.15, 0.2) is 36.9 Å². The van der Waals surface area contributed by atoms with Crippen LogP contribution in [-0.2, 0) is 30.9 Å². The normalized spacial score (nSPS) is 17.2. The van der Waals surface area contributed by atoms with E-state index in [1.165, 1.54) is 6.33 Å². The molecule has 1 aliphatic carbocycles. The molecule has 3 aromatic rings. The topological polar surface area (TPSA) is 134 Å². The molecule has 1 saturated carbocycles. The second-order valence-electron chi connectivity index (χ2n) is 10.7. The highest BCUT2D eigenvalue weighted by atomic mass is 35.5. The van der Waals surface area contributed by atoms with Crippen molar-refractivity contribution < 1.29 is 18.8 Å². The molecule has 4 rings (SSSR count). The summed E-state index contributed by atoms with van der Waals surface area (Å²) in [5, 5.41) is 4.10. The fourth-order valence-electron chi connectivity index (χ4n) is 4.57. The van der Waals surface area contributed by atoms with Gasteiger partial charge in [0.05, 0.1) is 31.0 Å². The lowest BCUT2D eigenvalue weighted by atomic mass is 9.97. The van der Waals surface area contributed by atoms with Crippen LogP contribution in [0.4, 0.5) is 5.82 Å². The zero-order valence-electron chi connectivity index (χ0n) is 22.3. The van der Waals surface area contributed by atoms with Gasteiger partial charge in [-0.3, -0.25) is 9.88 Å². The van der Waals surface area contributed by atoms with Crippen LogP contribution in [0.3, 0.4) is 0 Å². The van der Waals surface area contributed by atoms with E-state index in [9.17, 15) is 9.36 Å². The van der Waals surface area contributed by atoms with E-state index in [1.807, 2.05) is 42.7 Å². The van der Waals surface area contributed by atoms with Gasteiger partial charge in [-0.1, -0.05) is 30.7 Å². The van der Waals surface area contributed by atoms with Gasteiger partial charge in [-0.15, -0.1) is 0 Å². The van der Waals surface area contributed by atoms with Gasteiger partial charge in [0.25, 0.3) is 0 Å². The SMILES string of the molecule is CCCOC(=O)C(C)(C)CP(=O)(CO[C@H](C)Cn1cnc2c(N)ncnc21)NC1(c2ccc(Cl)cc2)CC1. The van der Waals surface area contributed by atoms with E-state index in [0.29, 0.717) is 35.2 Å². The third-order valence-electron chi connectivity index (χ3n) is 6.66. The zero-order chi connectivity index (χ0) is 27.6. The molecule has 38 heavy (non-hydrogen) atoms. The van der Waals surface area contributed by atoms with Crippen molar-refractivity contribution in [3.05, 3.63) is 47.5 Å². The first-order valence-corrected chi connectivity index (χ1v) is 15.3. The Hall–Kier alpha value is -2.52. The molecule has 2 atom stereocenters. The Labute approximate surface area is 228 Å². The number of hydrogen-bond acceptors (Lipinski definition) is 8. The number of nitrogens with one attached hydrogen (secondary N) is 1. The summed E-state index contributed by atoms with van der Waals surface area (Å²) in [6.07, 6.45) is 5.15. The van der Waals surface area contributed by atoms with E-state index in [1.54, 1.807) is 20.2 Å². The lowest BCUT2D eigenvalue weighted by Gasteiger charge is -2.32. The summed E-state index contributed by atoms with van der Waals surface area (Å²) in [6, 6.07) is 7.57. The minimum absolute atomic E-state index is 0.0439. The molecule has 1 unspecified atom stereocenters. The van der Waals surface area contributed by atoms with Crippen molar-refractivity contribution in [3.8, 4) is 0 Å². The monoisotopic (exact) mass is 562 g/mol. The van der Waals surface area contributed by atoms with Crippen molar-refractivity contribution in [3.63, 3.8) is 0 Å². The van der Waals surface area contributed by atoms with Gasteiger partial charge in [0.1, 0.15) is 18.2 Å². The number of ether oxygens (including phenoxy) is 2. The molecule has 0 radical (unpaired) electrons. The molecule has 0 amide bonds. The Bertz CT molecular complexity index is 1330. The Balaban J connectivity index is 1.52. The van der Waals surface area contributed by atoms with Crippen molar-refractivity contribution in [1.29, 1.82) is 0 Å². The summed E-state index contributed by atoms with van der Waals surface area (Å²) in [5.74, 6) is -0.0573. The van der Waals surface area contributed by atoms with Crippen LogP contribution in [0.1, 0.15) is 52.5 Å². The summed E-state index contributed by atoms with van der Waals surface area (Å²) < 4.78 is 28.0. The molecule has 1 fully saturated rings. The molecular formula is C26H36ClN6O4P. The number of esters is 1. The highest BCUT2D eigenvalue weighted by molar-refractivity contribution is 7.61. The lowest BCUT2D eigenvalue weighted by Crippen LogP contribution is -2.37. The van der Waals surface area contributed by atoms with Crippen molar-refractivity contribution in [2.75, 3.05) is 24.9 Å². The molecule has 2 heterocycles. The summed E-state index contributed by atoms with van der Waals surface area (Å²) in [4.78, 5) is 25.4. The fourth-order valence-corrected chi connectivity index (χ4v) is 7.96. The molecule has 206 valence electrons. The van der Waals surface area contributed by atoms with Crippen LogP contribution in [0.5, 0.6) is 0 Å². The van der Waals surface area contributed by atoms with Crippen LogP contribution >= 0.6 is 18.9 Å². The Morgan fingerprint density at radius 1 is 1.26 bits per heavy atom. The van der Waals surface area contributed by atoms with Crippen LogP contribution in [0.25, 0.3) is 11.2 Å². The molecule has 12 heteroatoms. The van der Waals surface area contributed by atoms with Gasteiger partial charge in [-0.05, 0) is 57.7 Å². The number of hydrogen-bond donors (Lipinski definition) is 2. The molecule has 10 nitrogen and oxygen atoms in total. The number of benzene rings is 1. The maximum Gasteiger partial charge on any atom is 0.312 e. The number of aromatic nitrogens is 4. The number of imidazole rings is 1. The van der Waals surface area contributed by atoms with Crippen LogP contribution in [0.2, 0.25) is 5.02 Å². The molecule has 1 aliphatic rings. The number of anilines is 1. The van der Waals surface area contributed by atoms with E-state index in [2.05, 4.69) is 20.0 Å². The maximum absolute atomic E-state index is 14.5. The number of rotatable bonds is 13. The van der Waals surface area contributed by atoms with Gasteiger partial charge >= 0.3 is 5.97 Å². The highest BCUT2D eigenvalue weighted by Gasteiger charge is 2.50. The average molecular weight is 563 g/mol. The standard InChI is InChI=1S/C26H36ClN6O4P/c1-5-12-36-24(34)25(3,4)14-38(35,32-26(10-11-26)19-6-8-20(27)9-7-19)17-37-18(2)13-33-16-31-21-22(28)29-15-30-23(21)33/h6-9,15-16,18H,5,10-14,17H2,1-4H3,(H,32,35)(H2,28,29,30)/t18-,38?/m1/s1. The zero-order valence-corrected chi connectivity index (χ0v) is 24.0. The minimum atomic E-state index is -3.24. The first-order chi connectivity index (χ1) is 18.0. The molecular weight excluding hydrogens is 527 g/mol. The van der Waals surface area contributed by atoms with Crippen LogP contribution < -0.4 is 10.8 Å². The van der Waals surface area contributed by atoms with Gasteiger partial charge in [0.15, 0.2) is 18.8 Å². The highest BCUT2D eigenvalue weighted by Crippen LogP contribution is 2.57. The molecule has 2 aromatic heterocycles. The van der Waals surface area contributed by atoms with Gasteiger partial charge < -0.3 is 24.3 Å². The number of carbonyl (C=O) groups excluding carboxylic acids is 1. The van der Waals surface area contributed by atoms with Crippen LogP contribution in [0, 0.1) is 5.41 Å². The van der Waals surface area contributed by atoms with E-state index < -0.39 is 18.2 Å². The van der Waals surface area contributed by atoms with Crippen LogP contribution in [-0.4, -0.2) is 50.7 Å². The quantitative estimate of drug-likeness (QED) is 0.219. The van der Waals surface area contributed by atoms with E-state index in [-0.39, 0.29) is 24.6 Å². The van der Waals surface area contributed by atoms with Crippen molar-refractivity contribution >= 4 is 41.8 Å². The third kappa shape index (κ3) is 6.54. The second-order valence-corrected chi connectivity index (χ2v) is 13.7. The number of nitrogen functional groups attached to an aromatic ring is 1. The Morgan fingerprint density at radius 3 is 2.63 bits per heavy atom. The lowest BCUT2D eigenvalue weighted by molar-refractivity contribution is -0.152. The van der Waals surface area contributed by atoms with Crippen molar-refractivity contribution in [2.24, 2.45) is 5.41 Å². The number of nitrogens with zero attached hydrogens (tertiary/aromatic N) is 4. The number of carbonyl (C=O) groups is 1.